The van der Waals surface area contributed by atoms with Crippen LogP contribution in [0.2, 0.25) is 0 Å². The molecule has 4 aromatic carbocycles. The van der Waals surface area contributed by atoms with Crippen molar-refractivity contribution >= 4 is 35.5 Å². The van der Waals surface area contributed by atoms with Crippen LogP contribution in [-0.2, 0) is 36.8 Å². The Bertz CT molecular complexity index is 2230. The summed E-state index contributed by atoms with van der Waals surface area (Å²) >= 11 is 0. The Kier molecular flexibility index (Phi) is 15.6. The molecule has 1 heterocycles. The monoisotopic (exact) mass is 834 g/mol. The van der Waals surface area contributed by atoms with E-state index in [1.54, 1.807) is 12.1 Å². The second-order valence-electron chi connectivity index (χ2n) is 15.2. The van der Waals surface area contributed by atoms with Crippen molar-refractivity contribution in [2.24, 2.45) is 5.73 Å². The first kappa shape index (κ1) is 45.3. The number of fused-ring (bicyclic) bond motifs is 5. The predicted octanol–water partition coefficient (Wildman–Crippen LogP) is 3.95. The Hall–Kier alpha value is -6.74. The summed E-state index contributed by atoms with van der Waals surface area (Å²) in [4.78, 5) is 81.3. The maximum Gasteiger partial charge on any atom is 0.326 e. The fourth-order valence-electron chi connectivity index (χ4n) is 7.25. The summed E-state index contributed by atoms with van der Waals surface area (Å²) in [5.41, 5.74) is 10.3. The zero-order valence-corrected chi connectivity index (χ0v) is 34.6. The molecule has 322 valence electrons. The maximum absolute atomic E-state index is 14.4. The number of likely N-dealkylation sites (N-methyl/N-ethyl adjacent to an activating group) is 1. The summed E-state index contributed by atoms with van der Waals surface area (Å²) < 4.78 is 0. The third kappa shape index (κ3) is 11.7. The van der Waals surface area contributed by atoms with Gasteiger partial charge >= 0.3 is 5.97 Å². The topological polar surface area (TPSA) is 240 Å². The van der Waals surface area contributed by atoms with Crippen molar-refractivity contribution in [2.45, 2.75) is 83.0 Å². The number of carboxylic acids is 1. The predicted molar refractivity (Wildman–Crippen MR) is 229 cm³/mol. The standard InChI is InChI=1S/C46H54N6O9/c1-4-7-28-9-12-30(13-10-28)31-14-16-32(17-15-31)43(57)48-23-21-40(55)50-36(8-5-6-22-47)45(59)52(3)41-33-18-20-39(54)35(26-33)34-24-29(11-19-38(34)53)25-37(46(60)61)51-42(56)27(2)49-44(41)58/h9-20,24,26-27,36-37,41,53-54H,4-8,21-23,25,47H2,1-3H3,(H,48,57)(H,49,58)(H,50,55)(H,51,56)(H,60,61)/t27-,36-,37-,41-/m0/s1. The van der Waals surface area contributed by atoms with Crippen LogP contribution >= 0.6 is 0 Å². The quantitative estimate of drug-likeness (QED) is 0.0803. The molecule has 1 aliphatic heterocycles. The number of unbranched alkanes of at least 4 members (excludes halogenated alkanes) is 1. The van der Waals surface area contributed by atoms with Gasteiger partial charge in [-0.25, -0.2) is 4.79 Å². The van der Waals surface area contributed by atoms with Gasteiger partial charge in [-0.15, -0.1) is 0 Å². The van der Waals surface area contributed by atoms with Crippen molar-refractivity contribution in [1.82, 2.24) is 26.2 Å². The van der Waals surface area contributed by atoms with Crippen LogP contribution in [0.25, 0.3) is 22.3 Å². The smallest absolute Gasteiger partial charge is 0.326 e. The molecule has 15 nitrogen and oxygen atoms in total. The van der Waals surface area contributed by atoms with Gasteiger partial charge in [-0.1, -0.05) is 61.9 Å². The molecule has 61 heavy (non-hydrogen) atoms. The van der Waals surface area contributed by atoms with E-state index in [2.05, 4.69) is 52.5 Å². The van der Waals surface area contributed by atoms with Gasteiger partial charge in [-0.05, 0) is 103 Å². The zero-order valence-electron chi connectivity index (χ0n) is 34.6. The number of benzene rings is 4. The number of carbonyl (C=O) groups is 6. The van der Waals surface area contributed by atoms with Crippen LogP contribution in [0.15, 0.2) is 84.9 Å². The summed E-state index contributed by atoms with van der Waals surface area (Å²) in [6, 6.07) is 18.7. The van der Waals surface area contributed by atoms with E-state index in [-0.39, 0.29) is 59.9 Å². The van der Waals surface area contributed by atoms with Gasteiger partial charge < -0.3 is 47.2 Å². The Morgan fingerprint density at radius 2 is 1.49 bits per heavy atom. The highest BCUT2D eigenvalue weighted by Gasteiger charge is 2.36. The van der Waals surface area contributed by atoms with Crippen LogP contribution < -0.4 is 27.0 Å². The van der Waals surface area contributed by atoms with Gasteiger partial charge in [0.15, 0.2) is 0 Å². The van der Waals surface area contributed by atoms with Crippen LogP contribution in [-0.4, -0.2) is 94.0 Å². The van der Waals surface area contributed by atoms with Gasteiger partial charge in [0.25, 0.3) is 5.91 Å². The zero-order chi connectivity index (χ0) is 44.2. The number of hydrogen-bond donors (Lipinski definition) is 8. The van der Waals surface area contributed by atoms with E-state index in [1.165, 1.54) is 55.9 Å². The van der Waals surface area contributed by atoms with E-state index in [0.29, 0.717) is 30.5 Å². The van der Waals surface area contributed by atoms with Crippen molar-refractivity contribution in [3.63, 3.8) is 0 Å². The summed E-state index contributed by atoms with van der Waals surface area (Å²) in [5.74, 6) is -5.01. The number of aliphatic carboxylic acids is 1. The molecule has 1 aliphatic rings. The first-order valence-corrected chi connectivity index (χ1v) is 20.4. The van der Waals surface area contributed by atoms with Crippen molar-refractivity contribution in [3.05, 3.63) is 107 Å². The maximum atomic E-state index is 14.4. The molecule has 0 radical (unpaired) electrons. The van der Waals surface area contributed by atoms with Crippen LogP contribution in [0.3, 0.4) is 0 Å². The van der Waals surface area contributed by atoms with Gasteiger partial charge in [0.05, 0.1) is 0 Å². The van der Waals surface area contributed by atoms with Gasteiger partial charge in [0.2, 0.25) is 23.6 Å². The number of nitrogens with zero attached hydrogens (tertiary/aromatic N) is 1. The SMILES string of the molecule is CCCc1ccc(-c2ccc(C(=O)NCCC(=O)N[C@@H](CCCCN)C(=O)N(C)[C@@H]3C(=O)N[C@@H](C)C(=O)N[C@H](C(=O)O)Cc4ccc(O)c(c4)-c4cc3ccc4O)cc2)cc1. The molecular formula is C46H54N6O9. The Balaban J connectivity index is 1.33. The van der Waals surface area contributed by atoms with E-state index in [0.717, 1.165) is 28.9 Å². The Morgan fingerprint density at radius 3 is 2.13 bits per heavy atom. The molecule has 0 fully saturated rings. The number of nitrogens with one attached hydrogen (secondary N) is 4. The van der Waals surface area contributed by atoms with Crippen molar-refractivity contribution < 1.29 is 44.1 Å². The lowest BCUT2D eigenvalue weighted by atomic mass is 9.93. The molecule has 4 aromatic rings. The third-order valence-corrected chi connectivity index (χ3v) is 10.7. The average Bonchev–Trinajstić information content (AvgIpc) is 3.24. The highest BCUT2D eigenvalue weighted by Crippen LogP contribution is 2.39. The molecule has 4 bridgehead atoms. The number of aryl methyl sites for hydroxylation is 1. The van der Waals surface area contributed by atoms with Gasteiger partial charge in [-0.3, -0.25) is 24.0 Å². The second kappa shape index (κ2) is 21.0. The molecule has 5 rings (SSSR count). The largest absolute Gasteiger partial charge is 0.507 e. The van der Waals surface area contributed by atoms with Gasteiger partial charge in [-0.2, -0.15) is 0 Å². The minimum atomic E-state index is -1.44. The van der Waals surface area contributed by atoms with E-state index in [4.69, 9.17) is 5.73 Å². The molecule has 9 N–H and O–H groups in total. The van der Waals surface area contributed by atoms with Crippen molar-refractivity contribution in [3.8, 4) is 33.8 Å². The van der Waals surface area contributed by atoms with Gasteiger partial charge in [0.1, 0.15) is 35.7 Å². The number of hydrogen-bond acceptors (Lipinski definition) is 9. The molecule has 0 saturated heterocycles. The number of carbonyl (C=O) groups excluding carboxylic acids is 5. The summed E-state index contributed by atoms with van der Waals surface area (Å²) in [6.45, 7) is 3.81. The lowest BCUT2D eigenvalue weighted by molar-refractivity contribution is -0.144. The highest BCUT2D eigenvalue weighted by atomic mass is 16.4. The van der Waals surface area contributed by atoms with Crippen molar-refractivity contribution in [2.75, 3.05) is 20.1 Å². The molecule has 0 spiro atoms. The van der Waals surface area contributed by atoms with Crippen LogP contribution in [0.5, 0.6) is 11.5 Å². The van der Waals surface area contributed by atoms with E-state index < -0.39 is 53.8 Å². The van der Waals surface area contributed by atoms with Crippen LogP contribution in [0, 0.1) is 0 Å². The van der Waals surface area contributed by atoms with Crippen LogP contribution in [0.4, 0.5) is 0 Å². The minimum absolute atomic E-state index is 0.0249. The normalized spacial score (nSPS) is 16.9. The fourth-order valence-corrected chi connectivity index (χ4v) is 7.25. The first-order valence-electron chi connectivity index (χ1n) is 20.4. The summed E-state index contributed by atoms with van der Waals surface area (Å²) in [5, 5.41) is 42.2. The molecule has 0 aliphatic carbocycles. The molecular weight excluding hydrogens is 781 g/mol. The number of phenols is 2. The average molecular weight is 835 g/mol. The molecule has 15 heteroatoms. The number of carboxylic acid groups (broad SMARTS) is 1. The van der Waals surface area contributed by atoms with Crippen molar-refractivity contribution in [1.29, 1.82) is 0 Å². The van der Waals surface area contributed by atoms with E-state index in [9.17, 15) is 44.1 Å². The molecule has 0 saturated carbocycles. The minimum Gasteiger partial charge on any atom is -0.507 e. The first-order chi connectivity index (χ1) is 29.2. The highest BCUT2D eigenvalue weighted by molar-refractivity contribution is 5.97. The number of aromatic hydroxyl groups is 2. The van der Waals surface area contributed by atoms with E-state index >= 15 is 0 Å². The number of rotatable bonds is 15. The molecule has 0 aromatic heterocycles. The van der Waals surface area contributed by atoms with Gasteiger partial charge in [0, 0.05) is 43.1 Å². The Labute approximate surface area is 354 Å². The fraction of sp³-hybridized carbons (Fsp3) is 0.348. The summed E-state index contributed by atoms with van der Waals surface area (Å²) in [6.07, 6.45) is 2.91. The number of phenolic OH excluding ortho intramolecular Hbond substituents is 2. The van der Waals surface area contributed by atoms with E-state index in [1.807, 2.05) is 12.1 Å². The number of nitrogens with two attached hydrogens (primary N) is 1. The molecule has 0 unspecified atom stereocenters. The lowest BCUT2D eigenvalue weighted by Crippen LogP contribution is -2.54. The second-order valence-corrected chi connectivity index (χ2v) is 15.2. The summed E-state index contributed by atoms with van der Waals surface area (Å²) in [7, 11) is 1.36. The van der Waals surface area contributed by atoms with Crippen LogP contribution in [0.1, 0.15) is 79.0 Å². The molecule has 5 amide bonds. The molecule has 4 atom stereocenters. The lowest BCUT2D eigenvalue weighted by Gasteiger charge is -2.32. The number of amides is 5. The Morgan fingerprint density at radius 1 is 0.852 bits per heavy atom. The third-order valence-electron chi connectivity index (χ3n) is 10.7.